The molecule has 2 N–H and O–H groups in total. The van der Waals surface area contributed by atoms with Crippen LogP contribution in [0.1, 0.15) is 15.9 Å². The van der Waals surface area contributed by atoms with Crippen molar-refractivity contribution in [1.29, 1.82) is 0 Å². The Morgan fingerprint density at radius 2 is 1.61 bits per heavy atom. The molecule has 0 spiro atoms. The van der Waals surface area contributed by atoms with Gasteiger partial charge in [0.15, 0.2) is 5.78 Å². The summed E-state index contributed by atoms with van der Waals surface area (Å²) in [4.78, 5) is 12.0. The lowest BCUT2D eigenvalue weighted by Gasteiger charge is -2.06. The maximum atomic E-state index is 12.0. The fourth-order valence-corrected chi connectivity index (χ4v) is 2.18. The molecule has 0 heterocycles. The maximum Gasteiger partial charge on any atom is 0.167 e. The van der Waals surface area contributed by atoms with Gasteiger partial charge < -0.3 is 5.73 Å². The molecule has 2 aromatic rings. The Bertz CT molecular complexity index is 559. The summed E-state index contributed by atoms with van der Waals surface area (Å²) in [5.41, 5.74) is 7.41. The van der Waals surface area contributed by atoms with E-state index in [0.29, 0.717) is 21.3 Å². The fourth-order valence-electron chi connectivity index (χ4n) is 1.65. The topological polar surface area (TPSA) is 43.1 Å². The smallest absolute Gasteiger partial charge is 0.167 e. The first-order chi connectivity index (χ1) is 8.58. The minimum Gasteiger partial charge on any atom is -0.396 e. The predicted octanol–water partition coefficient (Wildman–Crippen LogP) is 4.00. The number of ketones is 1. The number of nitrogen functional groups attached to an aromatic ring is 1. The second-order valence-electron chi connectivity index (χ2n) is 3.94. The first-order valence-corrected chi connectivity index (χ1v) is 6.15. The van der Waals surface area contributed by atoms with E-state index >= 15 is 0 Å². The van der Waals surface area contributed by atoms with Gasteiger partial charge in [0.1, 0.15) is 0 Å². The zero-order valence-electron chi connectivity index (χ0n) is 9.49. The van der Waals surface area contributed by atoms with Gasteiger partial charge in [0.2, 0.25) is 0 Å². The van der Waals surface area contributed by atoms with Gasteiger partial charge in [0.05, 0.1) is 15.7 Å². The molecule has 0 radical (unpaired) electrons. The quantitative estimate of drug-likeness (QED) is 0.682. The number of halogens is 2. The third-order valence-electron chi connectivity index (χ3n) is 2.60. The summed E-state index contributed by atoms with van der Waals surface area (Å²) in [6.45, 7) is 0. The zero-order valence-corrected chi connectivity index (χ0v) is 11.0. The van der Waals surface area contributed by atoms with Crippen LogP contribution in [0.25, 0.3) is 0 Å². The van der Waals surface area contributed by atoms with Crippen LogP contribution in [0.3, 0.4) is 0 Å². The fraction of sp³-hybridized carbons (Fsp3) is 0.0714. The molecule has 2 nitrogen and oxygen atoms in total. The van der Waals surface area contributed by atoms with Gasteiger partial charge in [-0.2, -0.15) is 0 Å². The van der Waals surface area contributed by atoms with Crippen LogP contribution in [0.2, 0.25) is 10.0 Å². The SMILES string of the molecule is Nc1c(Cl)cc(CC(=O)c2ccccc2)cc1Cl. The van der Waals surface area contributed by atoms with Gasteiger partial charge >= 0.3 is 0 Å². The van der Waals surface area contributed by atoms with E-state index in [9.17, 15) is 4.79 Å². The van der Waals surface area contributed by atoms with Crippen LogP contribution in [0.4, 0.5) is 5.69 Å². The lowest BCUT2D eigenvalue weighted by molar-refractivity contribution is 0.0993. The van der Waals surface area contributed by atoms with Crippen molar-refractivity contribution in [3.8, 4) is 0 Å². The van der Waals surface area contributed by atoms with E-state index in [4.69, 9.17) is 28.9 Å². The van der Waals surface area contributed by atoms with E-state index in [1.165, 1.54) is 0 Å². The van der Waals surface area contributed by atoms with E-state index in [2.05, 4.69) is 0 Å². The van der Waals surface area contributed by atoms with Crippen molar-refractivity contribution in [2.75, 3.05) is 5.73 Å². The van der Waals surface area contributed by atoms with Crippen LogP contribution >= 0.6 is 23.2 Å². The number of rotatable bonds is 3. The van der Waals surface area contributed by atoms with E-state index in [1.807, 2.05) is 18.2 Å². The number of hydrogen-bond donors (Lipinski definition) is 1. The highest BCUT2D eigenvalue weighted by Crippen LogP contribution is 2.29. The molecule has 2 aromatic carbocycles. The molecule has 0 saturated carbocycles. The molecule has 0 saturated heterocycles. The summed E-state index contributed by atoms with van der Waals surface area (Å²) >= 11 is 11.9. The van der Waals surface area contributed by atoms with Crippen LogP contribution in [-0.2, 0) is 6.42 Å². The van der Waals surface area contributed by atoms with Gasteiger partial charge in [0, 0.05) is 12.0 Å². The zero-order chi connectivity index (χ0) is 13.1. The molecule has 0 aliphatic carbocycles. The van der Waals surface area contributed by atoms with Crippen molar-refractivity contribution in [3.05, 3.63) is 63.6 Å². The Morgan fingerprint density at radius 3 is 2.17 bits per heavy atom. The van der Waals surface area contributed by atoms with Crippen molar-refractivity contribution < 1.29 is 4.79 Å². The number of benzene rings is 2. The van der Waals surface area contributed by atoms with Crippen LogP contribution in [0, 0.1) is 0 Å². The molecule has 0 bridgehead atoms. The molecular weight excluding hydrogens is 269 g/mol. The van der Waals surface area contributed by atoms with Crippen molar-refractivity contribution in [2.24, 2.45) is 0 Å². The summed E-state index contributed by atoms with van der Waals surface area (Å²) in [6.07, 6.45) is 0.254. The number of Topliss-reactive ketones (excluding diaryl/α,β-unsaturated/α-hetero) is 1. The Labute approximate surface area is 115 Å². The third kappa shape index (κ3) is 2.84. The van der Waals surface area contributed by atoms with Crippen LogP contribution in [0.5, 0.6) is 0 Å². The summed E-state index contributed by atoms with van der Waals surface area (Å²) in [7, 11) is 0. The molecule has 0 fully saturated rings. The number of carbonyl (C=O) groups is 1. The van der Waals surface area contributed by atoms with Crippen LogP contribution in [0.15, 0.2) is 42.5 Å². The molecule has 4 heteroatoms. The normalized spacial score (nSPS) is 10.3. The second-order valence-corrected chi connectivity index (χ2v) is 4.75. The minimum absolute atomic E-state index is 0.0208. The summed E-state index contributed by atoms with van der Waals surface area (Å²) in [6, 6.07) is 12.4. The Morgan fingerprint density at radius 1 is 1.06 bits per heavy atom. The number of carbonyl (C=O) groups excluding carboxylic acids is 1. The molecule has 18 heavy (non-hydrogen) atoms. The Kier molecular flexibility index (Phi) is 3.90. The first-order valence-electron chi connectivity index (χ1n) is 5.39. The molecular formula is C14H11Cl2NO. The number of hydrogen-bond acceptors (Lipinski definition) is 2. The van der Waals surface area contributed by atoms with Crippen LogP contribution in [-0.4, -0.2) is 5.78 Å². The van der Waals surface area contributed by atoms with Gasteiger partial charge in [-0.05, 0) is 17.7 Å². The number of nitrogens with two attached hydrogens (primary N) is 1. The molecule has 0 aliphatic heterocycles. The first kappa shape index (κ1) is 12.9. The van der Waals surface area contributed by atoms with Crippen molar-refractivity contribution in [1.82, 2.24) is 0 Å². The highest BCUT2D eigenvalue weighted by molar-refractivity contribution is 6.38. The highest BCUT2D eigenvalue weighted by Gasteiger charge is 2.10. The monoisotopic (exact) mass is 279 g/mol. The summed E-state index contributed by atoms with van der Waals surface area (Å²) < 4.78 is 0. The third-order valence-corrected chi connectivity index (χ3v) is 3.22. The highest BCUT2D eigenvalue weighted by atomic mass is 35.5. The van der Waals surface area contributed by atoms with Crippen LogP contribution < -0.4 is 5.73 Å². The molecule has 0 unspecified atom stereocenters. The lowest BCUT2D eigenvalue weighted by atomic mass is 10.0. The van der Waals surface area contributed by atoms with Crippen molar-refractivity contribution in [3.63, 3.8) is 0 Å². The standard InChI is InChI=1S/C14H11Cl2NO/c15-11-6-9(7-12(16)14(11)17)8-13(18)10-4-2-1-3-5-10/h1-7H,8,17H2. The second kappa shape index (κ2) is 5.42. The average molecular weight is 280 g/mol. The maximum absolute atomic E-state index is 12.0. The van der Waals surface area contributed by atoms with E-state index < -0.39 is 0 Å². The van der Waals surface area contributed by atoms with Crippen molar-refractivity contribution in [2.45, 2.75) is 6.42 Å². The Balaban J connectivity index is 2.23. The molecule has 0 amide bonds. The number of anilines is 1. The molecule has 0 aliphatic rings. The van der Waals surface area contributed by atoms with Crippen molar-refractivity contribution >= 4 is 34.7 Å². The molecule has 2 rings (SSSR count). The van der Waals surface area contributed by atoms with E-state index in [1.54, 1.807) is 24.3 Å². The van der Waals surface area contributed by atoms with E-state index in [-0.39, 0.29) is 12.2 Å². The molecule has 0 atom stereocenters. The Hall–Kier alpha value is -1.51. The minimum atomic E-state index is 0.0208. The largest absolute Gasteiger partial charge is 0.396 e. The van der Waals surface area contributed by atoms with Gasteiger partial charge in [-0.1, -0.05) is 53.5 Å². The van der Waals surface area contributed by atoms with Gasteiger partial charge in [0.25, 0.3) is 0 Å². The molecule has 0 aromatic heterocycles. The summed E-state index contributed by atoms with van der Waals surface area (Å²) in [5, 5.41) is 0.747. The summed E-state index contributed by atoms with van der Waals surface area (Å²) in [5.74, 6) is 0.0208. The van der Waals surface area contributed by atoms with Gasteiger partial charge in [-0.25, -0.2) is 0 Å². The molecule has 92 valence electrons. The lowest BCUT2D eigenvalue weighted by Crippen LogP contribution is -2.03. The average Bonchev–Trinajstić information content (AvgIpc) is 2.37. The van der Waals surface area contributed by atoms with E-state index in [0.717, 1.165) is 5.56 Å². The van der Waals surface area contributed by atoms with Gasteiger partial charge in [-0.3, -0.25) is 4.79 Å². The van der Waals surface area contributed by atoms with Gasteiger partial charge in [-0.15, -0.1) is 0 Å². The predicted molar refractivity (Wildman–Crippen MR) is 75.4 cm³/mol.